The Kier molecular flexibility index (Phi) is 2.44. The van der Waals surface area contributed by atoms with E-state index in [1.165, 1.54) is 0 Å². The molecule has 1 N–H and O–H groups in total. The molecule has 0 spiro atoms. The predicted molar refractivity (Wildman–Crippen MR) is 67.1 cm³/mol. The second-order valence-corrected chi connectivity index (χ2v) is 5.43. The third kappa shape index (κ3) is 1.62. The maximum Gasteiger partial charge on any atom is 0.313 e. The Labute approximate surface area is 106 Å². The maximum atomic E-state index is 12.1. The normalized spacial score (nSPS) is 30.3. The molecule has 0 bridgehead atoms. The van der Waals surface area contributed by atoms with Gasteiger partial charge in [0.05, 0.1) is 12.0 Å². The van der Waals surface area contributed by atoms with E-state index < -0.39 is 5.41 Å². The van der Waals surface area contributed by atoms with E-state index in [0.717, 1.165) is 17.6 Å². The van der Waals surface area contributed by atoms with Crippen molar-refractivity contribution >= 4 is 5.97 Å². The van der Waals surface area contributed by atoms with Crippen LogP contribution in [0.4, 0.5) is 0 Å². The van der Waals surface area contributed by atoms with E-state index in [2.05, 4.69) is 6.58 Å². The summed E-state index contributed by atoms with van der Waals surface area (Å²) in [6.07, 6.45) is 2.22. The minimum absolute atomic E-state index is 0.102. The lowest BCUT2D eigenvalue weighted by atomic mass is 9.75. The molecule has 3 rings (SSSR count). The number of carbonyl (C=O) groups excluding carboxylic acids is 1. The van der Waals surface area contributed by atoms with Gasteiger partial charge in [-0.3, -0.25) is 4.79 Å². The largest absolute Gasteiger partial charge is 0.508 e. The zero-order valence-electron chi connectivity index (χ0n) is 10.2. The molecule has 2 atom stereocenters. The third-order valence-corrected chi connectivity index (χ3v) is 4.13. The van der Waals surface area contributed by atoms with Crippen LogP contribution >= 0.6 is 0 Å². The Balaban J connectivity index is 1.94. The van der Waals surface area contributed by atoms with Gasteiger partial charge in [0.2, 0.25) is 0 Å². The van der Waals surface area contributed by atoms with Crippen LogP contribution < -0.4 is 0 Å². The van der Waals surface area contributed by atoms with Crippen LogP contribution in [0.2, 0.25) is 0 Å². The molecule has 3 nitrogen and oxygen atoms in total. The zero-order chi connectivity index (χ0) is 12.8. The van der Waals surface area contributed by atoms with Gasteiger partial charge < -0.3 is 9.84 Å². The number of ether oxygens (including phenoxy) is 1. The molecule has 2 fully saturated rings. The number of hydrogen-bond acceptors (Lipinski definition) is 3. The fourth-order valence-electron chi connectivity index (χ4n) is 3.29. The number of phenols is 1. The zero-order valence-corrected chi connectivity index (χ0v) is 10.2. The molecule has 3 heteroatoms. The smallest absolute Gasteiger partial charge is 0.313 e. The number of esters is 1. The molecular formula is C15H16O3. The average Bonchev–Trinajstić information content (AvgIpc) is 2.76. The molecule has 1 heterocycles. The van der Waals surface area contributed by atoms with Gasteiger partial charge in [-0.25, -0.2) is 0 Å². The molecule has 94 valence electrons. The van der Waals surface area contributed by atoms with Crippen LogP contribution in [0.3, 0.4) is 0 Å². The van der Waals surface area contributed by atoms with Gasteiger partial charge in [-0.2, -0.15) is 0 Å². The van der Waals surface area contributed by atoms with Gasteiger partial charge in [0.15, 0.2) is 0 Å². The van der Waals surface area contributed by atoms with Gasteiger partial charge in [0.25, 0.3) is 0 Å². The summed E-state index contributed by atoms with van der Waals surface area (Å²) < 4.78 is 5.23. The van der Waals surface area contributed by atoms with Gasteiger partial charge >= 0.3 is 5.97 Å². The fourth-order valence-corrected chi connectivity index (χ4v) is 3.29. The summed E-state index contributed by atoms with van der Waals surface area (Å²) in [5, 5.41) is 9.51. The highest BCUT2D eigenvalue weighted by Crippen LogP contribution is 2.52. The molecule has 0 amide bonds. The van der Waals surface area contributed by atoms with Crippen molar-refractivity contribution in [3.05, 3.63) is 42.0 Å². The first-order valence-electron chi connectivity index (χ1n) is 6.22. The van der Waals surface area contributed by atoms with Crippen LogP contribution in [-0.2, 0) is 16.0 Å². The number of allylic oxidation sites excluding steroid dienone is 1. The highest BCUT2D eigenvalue weighted by Gasteiger charge is 2.55. The Morgan fingerprint density at radius 1 is 1.50 bits per heavy atom. The van der Waals surface area contributed by atoms with Crippen molar-refractivity contribution in [2.24, 2.45) is 11.3 Å². The lowest BCUT2D eigenvalue weighted by Crippen LogP contribution is -2.31. The van der Waals surface area contributed by atoms with Crippen LogP contribution in [-0.4, -0.2) is 17.7 Å². The first-order valence-corrected chi connectivity index (χ1v) is 6.22. The van der Waals surface area contributed by atoms with E-state index in [1.807, 2.05) is 6.07 Å². The van der Waals surface area contributed by atoms with Crippen LogP contribution in [0.25, 0.3) is 0 Å². The number of fused-ring (bicyclic) bond motifs is 1. The van der Waals surface area contributed by atoms with Gasteiger partial charge in [0, 0.05) is 5.92 Å². The number of cyclic esters (lactones) is 1. The molecule has 1 aliphatic carbocycles. The standard InChI is InChI=1S/C15H16O3/c1-10-5-12-9-18-14(17)15(12,7-10)8-11-3-2-4-13(16)6-11/h2-4,6,12,16H,1,5,7-9H2/t12-,15+/m0/s1. The quantitative estimate of drug-likeness (QED) is 0.642. The van der Waals surface area contributed by atoms with Crippen molar-refractivity contribution < 1.29 is 14.6 Å². The van der Waals surface area contributed by atoms with E-state index in [9.17, 15) is 9.90 Å². The molecule has 1 saturated heterocycles. The van der Waals surface area contributed by atoms with Gasteiger partial charge in [-0.15, -0.1) is 0 Å². The van der Waals surface area contributed by atoms with E-state index in [0.29, 0.717) is 19.4 Å². The summed E-state index contributed by atoms with van der Waals surface area (Å²) in [6.45, 7) is 4.53. The molecule has 0 unspecified atom stereocenters. The fraction of sp³-hybridized carbons (Fsp3) is 0.400. The molecule has 0 aromatic heterocycles. The van der Waals surface area contributed by atoms with E-state index in [-0.39, 0.29) is 17.6 Å². The van der Waals surface area contributed by atoms with Gasteiger partial charge in [-0.1, -0.05) is 24.3 Å². The van der Waals surface area contributed by atoms with E-state index in [4.69, 9.17) is 4.74 Å². The van der Waals surface area contributed by atoms with Crippen molar-refractivity contribution in [1.29, 1.82) is 0 Å². The molecule has 1 aromatic carbocycles. The Hall–Kier alpha value is -1.77. The SMILES string of the molecule is C=C1C[C@H]2COC(=O)[C@@]2(Cc2cccc(O)c2)C1. The van der Waals surface area contributed by atoms with Crippen molar-refractivity contribution in [2.45, 2.75) is 19.3 Å². The molecule has 1 saturated carbocycles. The number of rotatable bonds is 2. The second kappa shape index (κ2) is 3.87. The molecular weight excluding hydrogens is 228 g/mol. The summed E-state index contributed by atoms with van der Waals surface area (Å²) in [5.41, 5.74) is 1.68. The highest BCUT2D eigenvalue weighted by molar-refractivity contribution is 5.81. The number of benzene rings is 1. The molecule has 2 aliphatic rings. The van der Waals surface area contributed by atoms with E-state index >= 15 is 0 Å². The van der Waals surface area contributed by atoms with Crippen molar-refractivity contribution in [2.75, 3.05) is 6.61 Å². The summed E-state index contributed by atoms with van der Waals surface area (Å²) in [5.74, 6) is 0.387. The van der Waals surface area contributed by atoms with Crippen molar-refractivity contribution in [3.63, 3.8) is 0 Å². The van der Waals surface area contributed by atoms with E-state index in [1.54, 1.807) is 18.2 Å². The minimum Gasteiger partial charge on any atom is -0.508 e. The van der Waals surface area contributed by atoms with Crippen LogP contribution in [0.1, 0.15) is 18.4 Å². The number of carbonyl (C=O) groups is 1. The predicted octanol–water partition coefficient (Wildman–Crippen LogP) is 2.44. The monoisotopic (exact) mass is 244 g/mol. The summed E-state index contributed by atoms with van der Waals surface area (Å²) in [6, 6.07) is 7.11. The van der Waals surface area contributed by atoms with Gasteiger partial charge in [0.1, 0.15) is 5.75 Å². The first-order chi connectivity index (χ1) is 8.60. The van der Waals surface area contributed by atoms with Crippen LogP contribution in [0.15, 0.2) is 36.4 Å². The molecule has 18 heavy (non-hydrogen) atoms. The summed E-state index contributed by atoms with van der Waals surface area (Å²) >= 11 is 0. The first kappa shape index (κ1) is 11.3. The average molecular weight is 244 g/mol. The van der Waals surface area contributed by atoms with Gasteiger partial charge in [-0.05, 0) is 37.0 Å². The number of hydrogen-bond donors (Lipinski definition) is 1. The molecule has 1 aromatic rings. The topological polar surface area (TPSA) is 46.5 Å². The molecule has 0 radical (unpaired) electrons. The third-order valence-electron chi connectivity index (χ3n) is 4.13. The number of phenolic OH excluding ortho intramolecular Hbond substituents is 1. The molecule has 1 aliphatic heterocycles. The van der Waals surface area contributed by atoms with Crippen molar-refractivity contribution in [1.82, 2.24) is 0 Å². The lowest BCUT2D eigenvalue weighted by molar-refractivity contribution is -0.146. The Morgan fingerprint density at radius 3 is 3.11 bits per heavy atom. The van der Waals surface area contributed by atoms with Crippen LogP contribution in [0.5, 0.6) is 5.75 Å². The summed E-state index contributed by atoms with van der Waals surface area (Å²) in [7, 11) is 0. The second-order valence-electron chi connectivity index (χ2n) is 5.43. The Morgan fingerprint density at radius 2 is 2.33 bits per heavy atom. The Bertz CT molecular complexity index is 520. The number of aromatic hydroxyl groups is 1. The lowest BCUT2D eigenvalue weighted by Gasteiger charge is -2.23. The highest BCUT2D eigenvalue weighted by atomic mass is 16.5. The van der Waals surface area contributed by atoms with Crippen LogP contribution in [0, 0.1) is 11.3 Å². The maximum absolute atomic E-state index is 12.1. The summed E-state index contributed by atoms with van der Waals surface area (Å²) in [4.78, 5) is 12.1. The minimum atomic E-state index is -0.440. The van der Waals surface area contributed by atoms with Crippen molar-refractivity contribution in [3.8, 4) is 5.75 Å².